The number of methoxy groups -OCH3 is 1. The highest BCUT2D eigenvalue weighted by atomic mass is 79.9. The molecule has 3 N–H and O–H groups in total. The quantitative estimate of drug-likeness (QED) is 0.556. The normalized spacial score (nSPS) is 12.6. The van der Waals surface area contributed by atoms with Gasteiger partial charge in [-0.1, -0.05) is 12.1 Å². The van der Waals surface area contributed by atoms with Crippen LogP contribution < -0.4 is 11.3 Å². The Hall–Kier alpha value is -0.800. The van der Waals surface area contributed by atoms with Crippen molar-refractivity contribution in [2.45, 2.75) is 12.6 Å². The number of nitrogens with two attached hydrogens (primary N) is 1. The van der Waals surface area contributed by atoms with Crippen LogP contribution in [-0.4, -0.2) is 23.5 Å². The summed E-state index contributed by atoms with van der Waals surface area (Å²) in [6.07, 6.45) is 1.68. The molecule has 0 spiro atoms. The molecule has 0 fully saturated rings. The molecule has 0 aliphatic carbocycles. The van der Waals surface area contributed by atoms with Crippen molar-refractivity contribution in [1.82, 2.24) is 15.2 Å². The molecule has 0 saturated heterocycles. The van der Waals surface area contributed by atoms with Gasteiger partial charge in [0.15, 0.2) is 0 Å². The van der Waals surface area contributed by atoms with Gasteiger partial charge >= 0.3 is 0 Å². The van der Waals surface area contributed by atoms with Crippen molar-refractivity contribution < 1.29 is 9.13 Å². The second kappa shape index (κ2) is 7.46. The average molecular weight is 422 g/mol. The fourth-order valence-corrected chi connectivity index (χ4v) is 3.09. The largest absolute Gasteiger partial charge is 0.383 e. The summed E-state index contributed by atoms with van der Waals surface area (Å²) in [4.78, 5) is 0. The number of halogens is 3. The van der Waals surface area contributed by atoms with Crippen molar-refractivity contribution in [3.05, 3.63) is 50.4 Å². The Morgan fingerprint density at radius 1 is 1.48 bits per heavy atom. The third-order valence-corrected chi connectivity index (χ3v) is 4.52. The van der Waals surface area contributed by atoms with E-state index in [1.165, 1.54) is 6.07 Å². The van der Waals surface area contributed by atoms with Crippen molar-refractivity contribution >= 4 is 31.9 Å². The Bertz CT molecular complexity index is 620. The first-order valence-electron chi connectivity index (χ1n) is 6.20. The number of nitrogens with one attached hydrogen (secondary N) is 1. The molecule has 0 aliphatic heterocycles. The summed E-state index contributed by atoms with van der Waals surface area (Å²) in [5, 5.41) is 4.28. The first kappa shape index (κ1) is 16.6. The van der Waals surface area contributed by atoms with E-state index in [1.807, 2.05) is 0 Å². The molecule has 0 saturated carbocycles. The van der Waals surface area contributed by atoms with E-state index in [0.717, 1.165) is 10.2 Å². The molecule has 0 radical (unpaired) electrons. The maximum atomic E-state index is 13.8. The first-order valence-corrected chi connectivity index (χ1v) is 7.79. The summed E-state index contributed by atoms with van der Waals surface area (Å²) in [6, 6.07) is 4.42. The standard InChI is InChI=1S/C13H15Br2FN4O/c1-21-6-5-20-13(9(14)7-18-20)12(19-17)8-3-2-4-10(16)11(8)15/h2-4,7,12,19H,5-6,17H2,1H3. The highest BCUT2D eigenvalue weighted by Crippen LogP contribution is 2.33. The van der Waals surface area contributed by atoms with Gasteiger partial charge < -0.3 is 4.74 Å². The molecule has 0 bridgehead atoms. The molecule has 21 heavy (non-hydrogen) atoms. The van der Waals surface area contributed by atoms with Crippen LogP contribution in [0.2, 0.25) is 0 Å². The van der Waals surface area contributed by atoms with E-state index in [2.05, 4.69) is 42.4 Å². The summed E-state index contributed by atoms with van der Waals surface area (Å²) in [7, 11) is 1.63. The van der Waals surface area contributed by atoms with Crippen LogP contribution in [0, 0.1) is 5.82 Å². The molecule has 1 aromatic heterocycles. The Balaban J connectivity index is 2.46. The highest BCUT2D eigenvalue weighted by Gasteiger charge is 2.23. The Kier molecular flexibility index (Phi) is 5.88. The summed E-state index contributed by atoms with van der Waals surface area (Å²) in [5.74, 6) is 5.35. The van der Waals surface area contributed by atoms with E-state index < -0.39 is 6.04 Å². The molecule has 1 aromatic carbocycles. The number of hydrogen-bond acceptors (Lipinski definition) is 4. The summed E-state index contributed by atoms with van der Waals surface area (Å²) >= 11 is 6.73. The number of ether oxygens (including phenoxy) is 1. The van der Waals surface area contributed by atoms with Crippen molar-refractivity contribution in [1.29, 1.82) is 0 Å². The predicted molar refractivity (Wildman–Crippen MR) is 85.1 cm³/mol. The van der Waals surface area contributed by atoms with Gasteiger partial charge in [-0.3, -0.25) is 10.5 Å². The van der Waals surface area contributed by atoms with Gasteiger partial charge in [0.2, 0.25) is 0 Å². The number of benzene rings is 1. The van der Waals surface area contributed by atoms with Crippen molar-refractivity contribution in [2.75, 3.05) is 13.7 Å². The van der Waals surface area contributed by atoms with Crippen LogP contribution in [0.4, 0.5) is 4.39 Å². The Labute approximate surface area is 138 Å². The van der Waals surface area contributed by atoms with Gasteiger partial charge in [0, 0.05) is 7.11 Å². The van der Waals surface area contributed by atoms with Crippen molar-refractivity contribution in [3.63, 3.8) is 0 Å². The molecule has 1 heterocycles. The highest BCUT2D eigenvalue weighted by molar-refractivity contribution is 9.10. The maximum Gasteiger partial charge on any atom is 0.137 e. The lowest BCUT2D eigenvalue weighted by molar-refractivity contribution is 0.182. The van der Waals surface area contributed by atoms with Gasteiger partial charge in [0.25, 0.3) is 0 Å². The van der Waals surface area contributed by atoms with E-state index in [0.29, 0.717) is 23.2 Å². The molecule has 0 amide bonds. The van der Waals surface area contributed by atoms with Gasteiger partial charge in [0.05, 0.1) is 40.0 Å². The maximum absolute atomic E-state index is 13.8. The zero-order valence-corrected chi connectivity index (χ0v) is 14.5. The van der Waals surface area contributed by atoms with Crippen molar-refractivity contribution in [2.24, 2.45) is 5.84 Å². The van der Waals surface area contributed by atoms with Crippen LogP contribution in [0.15, 0.2) is 33.3 Å². The number of hydrogen-bond donors (Lipinski definition) is 2. The molecule has 2 rings (SSSR count). The summed E-state index contributed by atoms with van der Waals surface area (Å²) in [6.45, 7) is 1.09. The topological polar surface area (TPSA) is 65.1 Å². The Morgan fingerprint density at radius 3 is 2.90 bits per heavy atom. The smallest absolute Gasteiger partial charge is 0.137 e. The summed E-state index contributed by atoms with van der Waals surface area (Å²) < 4.78 is 21.8. The van der Waals surface area contributed by atoms with Crippen LogP contribution in [0.1, 0.15) is 17.3 Å². The average Bonchev–Trinajstić information content (AvgIpc) is 2.83. The monoisotopic (exact) mass is 420 g/mol. The minimum Gasteiger partial charge on any atom is -0.383 e. The van der Waals surface area contributed by atoms with Crippen LogP contribution in [0.25, 0.3) is 0 Å². The third kappa shape index (κ3) is 3.51. The number of hydrazine groups is 1. The molecule has 8 heteroatoms. The zero-order valence-electron chi connectivity index (χ0n) is 11.3. The van der Waals surface area contributed by atoms with Gasteiger partial charge in [0.1, 0.15) is 5.82 Å². The van der Waals surface area contributed by atoms with Crippen LogP contribution in [-0.2, 0) is 11.3 Å². The molecule has 0 aliphatic rings. The van der Waals surface area contributed by atoms with E-state index in [1.54, 1.807) is 30.1 Å². The van der Waals surface area contributed by atoms with Crippen LogP contribution in [0.5, 0.6) is 0 Å². The number of nitrogens with zero attached hydrogens (tertiary/aromatic N) is 2. The lowest BCUT2D eigenvalue weighted by atomic mass is 10.0. The van der Waals surface area contributed by atoms with E-state index in [4.69, 9.17) is 10.6 Å². The van der Waals surface area contributed by atoms with Gasteiger partial charge in [-0.25, -0.2) is 9.82 Å². The fraction of sp³-hybridized carbons (Fsp3) is 0.308. The SMILES string of the molecule is COCCn1ncc(Br)c1C(NN)c1cccc(F)c1Br. The lowest BCUT2D eigenvalue weighted by Gasteiger charge is -2.20. The first-order chi connectivity index (χ1) is 10.1. The van der Waals surface area contributed by atoms with Crippen LogP contribution in [0.3, 0.4) is 0 Å². The molecule has 5 nitrogen and oxygen atoms in total. The third-order valence-electron chi connectivity index (χ3n) is 3.07. The van der Waals surface area contributed by atoms with Gasteiger partial charge in [-0.05, 0) is 43.5 Å². The number of rotatable bonds is 6. The fourth-order valence-electron chi connectivity index (χ4n) is 2.07. The minimum absolute atomic E-state index is 0.341. The second-order valence-corrected chi connectivity index (χ2v) is 5.98. The minimum atomic E-state index is -0.413. The second-order valence-electron chi connectivity index (χ2n) is 4.34. The van der Waals surface area contributed by atoms with E-state index >= 15 is 0 Å². The van der Waals surface area contributed by atoms with Crippen LogP contribution >= 0.6 is 31.9 Å². The molecular weight excluding hydrogens is 407 g/mol. The van der Waals surface area contributed by atoms with Gasteiger partial charge in [-0.15, -0.1) is 0 Å². The van der Waals surface area contributed by atoms with Gasteiger partial charge in [-0.2, -0.15) is 5.10 Å². The van der Waals surface area contributed by atoms with Crippen molar-refractivity contribution in [3.8, 4) is 0 Å². The Morgan fingerprint density at radius 2 is 2.24 bits per heavy atom. The predicted octanol–water partition coefficient (Wildman–Crippen LogP) is 2.75. The van der Waals surface area contributed by atoms with E-state index in [9.17, 15) is 4.39 Å². The molecular formula is C13H15Br2FN4O. The zero-order chi connectivity index (χ0) is 15.4. The molecule has 1 atom stereocenters. The molecule has 1 unspecified atom stereocenters. The number of aromatic nitrogens is 2. The lowest BCUT2D eigenvalue weighted by Crippen LogP contribution is -2.31. The summed E-state index contributed by atoms with van der Waals surface area (Å²) in [5.41, 5.74) is 4.22. The molecule has 114 valence electrons. The van der Waals surface area contributed by atoms with E-state index in [-0.39, 0.29) is 5.82 Å². The molecule has 2 aromatic rings.